The minimum atomic E-state index is -0.116. The molecule has 0 radical (unpaired) electrons. The molecule has 0 aliphatic heterocycles. The Morgan fingerprint density at radius 3 is 2.33 bits per heavy atom. The zero-order valence-corrected chi connectivity index (χ0v) is 13.5. The monoisotopic (exact) mass is 404 g/mol. The van der Waals surface area contributed by atoms with Gasteiger partial charge in [-0.25, -0.2) is 0 Å². The van der Waals surface area contributed by atoms with Gasteiger partial charge in [0.25, 0.3) is 0 Å². The summed E-state index contributed by atoms with van der Waals surface area (Å²) in [6.45, 7) is 0. The summed E-state index contributed by atoms with van der Waals surface area (Å²) >= 11 is 22.3. The van der Waals surface area contributed by atoms with Crippen molar-refractivity contribution in [3.63, 3.8) is 0 Å². The maximum Gasteiger partial charge on any atom is 0.107 e. The number of hydrogen-bond donors (Lipinski definition) is 0. The molecule has 0 fully saturated rings. The summed E-state index contributed by atoms with van der Waals surface area (Å²) in [5.74, 6) is 0. The van der Waals surface area contributed by atoms with Gasteiger partial charge in [-0.2, -0.15) is 0 Å². The smallest absolute Gasteiger partial charge is 0.107 e. The molecule has 0 spiro atoms. The highest BCUT2D eigenvalue weighted by Gasteiger charge is 2.17. The number of thiophene rings is 2. The fourth-order valence-electron chi connectivity index (χ4n) is 1.09. The molecule has 0 aromatic carbocycles. The van der Waals surface area contributed by atoms with Crippen molar-refractivity contribution in [3.8, 4) is 0 Å². The first kappa shape index (κ1) is 12.4. The first-order valence-electron chi connectivity index (χ1n) is 3.92. The second-order valence-electron chi connectivity index (χ2n) is 2.77. The van der Waals surface area contributed by atoms with Gasteiger partial charge < -0.3 is 0 Å². The number of hydrogen-bond acceptors (Lipinski definition) is 2. The summed E-state index contributed by atoms with van der Waals surface area (Å²) < 4.78 is 2.74. The molecule has 1 unspecified atom stereocenters. The molecule has 2 rings (SSSR count). The van der Waals surface area contributed by atoms with Gasteiger partial charge in [0.2, 0.25) is 0 Å². The van der Waals surface area contributed by atoms with Gasteiger partial charge in [-0.05, 0) is 50.1 Å². The molecular weight excluding hydrogens is 403 g/mol. The average Bonchev–Trinajstić information content (AvgIpc) is 2.74. The van der Waals surface area contributed by atoms with E-state index in [9.17, 15) is 0 Å². The molecule has 0 aliphatic rings. The summed E-state index contributed by atoms with van der Waals surface area (Å²) in [7, 11) is 0. The zero-order valence-electron chi connectivity index (χ0n) is 7.14. The molecule has 6 heteroatoms. The van der Waals surface area contributed by atoms with E-state index in [1.165, 1.54) is 11.3 Å². The highest BCUT2D eigenvalue weighted by molar-refractivity contribution is 9.11. The van der Waals surface area contributed by atoms with E-state index in [1.807, 2.05) is 18.2 Å². The van der Waals surface area contributed by atoms with E-state index in [4.69, 9.17) is 23.2 Å². The lowest BCUT2D eigenvalue weighted by atomic mass is 10.3. The average molecular weight is 407 g/mol. The Bertz CT molecular complexity index is 459. The van der Waals surface area contributed by atoms with Crippen molar-refractivity contribution in [2.75, 3.05) is 0 Å². The minimum absolute atomic E-state index is 0.116. The van der Waals surface area contributed by atoms with Gasteiger partial charge in [0, 0.05) is 14.2 Å². The minimum Gasteiger partial charge on any atom is -0.131 e. The van der Waals surface area contributed by atoms with Crippen molar-refractivity contribution >= 4 is 77.7 Å². The van der Waals surface area contributed by atoms with Gasteiger partial charge in [-0.3, -0.25) is 0 Å². The molecule has 2 aromatic rings. The van der Waals surface area contributed by atoms with Crippen LogP contribution in [0.1, 0.15) is 15.1 Å². The maximum atomic E-state index is 6.35. The largest absolute Gasteiger partial charge is 0.131 e. The van der Waals surface area contributed by atoms with Gasteiger partial charge in [-0.1, -0.05) is 11.6 Å². The Labute approximate surface area is 122 Å². The Morgan fingerprint density at radius 1 is 1.13 bits per heavy atom. The van der Waals surface area contributed by atoms with Gasteiger partial charge in [0.05, 0.1) is 3.79 Å². The molecule has 0 amide bonds. The third-order valence-electron chi connectivity index (χ3n) is 1.76. The summed E-state index contributed by atoms with van der Waals surface area (Å²) in [6, 6.07) is 5.99. The van der Waals surface area contributed by atoms with Gasteiger partial charge in [-0.15, -0.1) is 34.3 Å². The normalized spacial score (nSPS) is 13.1. The topological polar surface area (TPSA) is 0 Å². The summed E-state index contributed by atoms with van der Waals surface area (Å²) in [5.41, 5.74) is 0. The summed E-state index contributed by atoms with van der Waals surface area (Å²) in [6.07, 6.45) is 0. The van der Waals surface area contributed by atoms with Crippen molar-refractivity contribution in [3.05, 3.63) is 40.5 Å². The van der Waals surface area contributed by atoms with Crippen LogP contribution in [0.25, 0.3) is 0 Å². The van der Waals surface area contributed by atoms with Crippen LogP contribution in [-0.2, 0) is 0 Å². The molecule has 1 atom stereocenters. The Morgan fingerprint density at radius 2 is 1.87 bits per heavy atom. The van der Waals surface area contributed by atoms with Crippen molar-refractivity contribution < 1.29 is 0 Å². The van der Waals surface area contributed by atoms with E-state index in [-0.39, 0.29) is 5.38 Å². The quantitative estimate of drug-likeness (QED) is 0.512. The van der Waals surface area contributed by atoms with E-state index < -0.39 is 0 Å². The molecule has 0 bridgehead atoms. The molecule has 2 heterocycles. The molecule has 0 aliphatic carbocycles. The Kier molecular flexibility index (Phi) is 4.19. The third-order valence-corrected chi connectivity index (χ3v) is 6.71. The number of halogens is 4. The van der Waals surface area contributed by atoms with E-state index in [0.29, 0.717) is 0 Å². The highest BCUT2D eigenvalue weighted by atomic mass is 79.9. The van der Waals surface area contributed by atoms with E-state index >= 15 is 0 Å². The standard InChI is InChI=1S/C9H4Br2Cl2S2/c10-4-3-6(15-9(4)13)8(12)5-1-2-7(11)14-5/h1-3,8H. The highest BCUT2D eigenvalue weighted by Crippen LogP contribution is 2.42. The Balaban J connectivity index is 2.31. The molecule has 0 saturated heterocycles. The van der Waals surface area contributed by atoms with Crippen LogP contribution in [0.3, 0.4) is 0 Å². The van der Waals surface area contributed by atoms with E-state index in [2.05, 4.69) is 31.9 Å². The van der Waals surface area contributed by atoms with Crippen LogP contribution in [0.15, 0.2) is 26.5 Å². The van der Waals surface area contributed by atoms with Gasteiger partial charge >= 0.3 is 0 Å². The van der Waals surface area contributed by atoms with Crippen molar-refractivity contribution in [1.29, 1.82) is 0 Å². The Hall–Kier alpha value is 0.940. The van der Waals surface area contributed by atoms with Crippen LogP contribution in [-0.4, -0.2) is 0 Å². The second-order valence-corrected chi connectivity index (χ2v) is 8.25. The van der Waals surface area contributed by atoms with Crippen LogP contribution in [0.4, 0.5) is 0 Å². The van der Waals surface area contributed by atoms with Crippen molar-refractivity contribution in [2.45, 2.75) is 5.38 Å². The third kappa shape index (κ3) is 2.79. The van der Waals surface area contributed by atoms with E-state index in [0.717, 1.165) is 22.3 Å². The first-order valence-corrected chi connectivity index (χ1v) is 7.95. The SMILES string of the molecule is Clc1sc(C(Cl)c2ccc(Br)s2)cc1Br. The predicted octanol–water partition coefficient (Wildman–Crippen LogP) is 6.32. The first-order chi connectivity index (χ1) is 7.08. The van der Waals surface area contributed by atoms with Crippen LogP contribution in [0.2, 0.25) is 4.34 Å². The molecule has 15 heavy (non-hydrogen) atoms. The summed E-state index contributed by atoms with van der Waals surface area (Å²) in [5, 5.41) is -0.116. The lowest BCUT2D eigenvalue weighted by Crippen LogP contribution is -1.83. The van der Waals surface area contributed by atoms with Crippen LogP contribution in [0, 0.1) is 0 Å². The van der Waals surface area contributed by atoms with Crippen LogP contribution < -0.4 is 0 Å². The lowest BCUT2D eigenvalue weighted by molar-refractivity contribution is 1.24. The predicted molar refractivity (Wildman–Crippen MR) is 76.7 cm³/mol. The fraction of sp³-hybridized carbons (Fsp3) is 0.111. The van der Waals surface area contributed by atoms with Gasteiger partial charge in [0.15, 0.2) is 0 Å². The molecule has 0 N–H and O–H groups in total. The van der Waals surface area contributed by atoms with Gasteiger partial charge in [0.1, 0.15) is 9.71 Å². The molecule has 2 aromatic heterocycles. The van der Waals surface area contributed by atoms with E-state index in [1.54, 1.807) is 11.3 Å². The number of alkyl halides is 1. The molecule has 0 nitrogen and oxygen atoms in total. The van der Waals surface area contributed by atoms with Crippen molar-refractivity contribution in [1.82, 2.24) is 0 Å². The maximum absolute atomic E-state index is 6.35. The molecule has 80 valence electrons. The molecule has 0 saturated carbocycles. The second kappa shape index (κ2) is 5.07. The van der Waals surface area contributed by atoms with Crippen molar-refractivity contribution in [2.24, 2.45) is 0 Å². The fourth-order valence-corrected chi connectivity index (χ4v) is 4.72. The van der Waals surface area contributed by atoms with Crippen LogP contribution in [0.5, 0.6) is 0 Å². The summed E-state index contributed by atoms with van der Waals surface area (Å²) in [4.78, 5) is 2.18. The number of rotatable bonds is 2. The lowest BCUT2D eigenvalue weighted by Gasteiger charge is -2.02. The zero-order chi connectivity index (χ0) is 11.0. The van der Waals surface area contributed by atoms with Crippen LogP contribution >= 0.6 is 77.7 Å². The molecular formula is C9H4Br2Cl2S2.